The third kappa shape index (κ3) is 2.46. The second kappa shape index (κ2) is 5.27. The fourth-order valence-corrected chi connectivity index (χ4v) is 2.94. The maximum atomic E-state index is 6.29. The molecule has 0 aromatic carbocycles. The molecule has 1 fully saturated rings. The van der Waals surface area contributed by atoms with Gasteiger partial charge in [0.25, 0.3) is 0 Å². The number of aryl methyl sites for hydroxylation is 1. The summed E-state index contributed by atoms with van der Waals surface area (Å²) in [7, 11) is 0. The molecule has 0 aliphatic carbocycles. The molecule has 16 heavy (non-hydrogen) atoms. The normalized spacial score (nSPS) is 24.6. The molecule has 0 amide bonds. The molecule has 2 unspecified atom stereocenters. The third-order valence-electron chi connectivity index (χ3n) is 3.28. The van der Waals surface area contributed by atoms with E-state index in [1.54, 1.807) is 11.3 Å². The van der Waals surface area contributed by atoms with E-state index in [-0.39, 0.29) is 12.1 Å². The first-order valence-corrected chi connectivity index (χ1v) is 6.74. The smallest absolute Gasteiger partial charge is 0.0895 e. The zero-order chi connectivity index (χ0) is 11.5. The van der Waals surface area contributed by atoms with E-state index in [9.17, 15) is 0 Å². The molecule has 1 aromatic heterocycles. The number of ether oxygens (including phenoxy) is 1. The Morgan fingerprint density at radius 3 is 3.12 bits per heavy atom. The summed E-state index contributed by atoms with van der Waals surface area (Å²) in [6.07, 6.45) is 0.141. The highest BCUT2D eigenvalue weighted by Gasteiger charge is 2.27. The summed E-state index contributed by atoms with van der Waals surface area (Å²) < 4.78 is 5.79. The van der Waals surface area contributed by atoms with E-state index in [1.165, 1.54) is 10.4 Å². The first kappa shape index (κ1) is 12.0. The second-order valence-electron chi connectivity index (χ2n) is 4.26. The molecule has 2 rings (SSSR count). The van der Waals surface area contributed by atoms with Crippen LogP contribution in [0.3, 0.4) is 0 Å². The molecule has 1 aromatic rings. The van der Waals surface area contributed by atoms with Gasteiger partial charge in [-0.15, -0.1) is 11.3 Å². The monoisotopic (exact) mass is 240 g/mol. The predicted molar refractivity (Wildman–Crippen MR) is 67.8 cm³/mol. The van der Waals surface area contributed by atoms with Gasteiger partial charge in [-0.05, 0) is 30.5 Å². The van der Waals surface area contributed by atoms with Crippen LogP contribution in [0.15, 0.2) is 11.4 Å². The highest BCUT2D eigenvalue weighted by molar-refractivity contribution is 7.10. The maximum absolute atomic E-state index is 6.29. The fourth-order valence-electron chi connectivity index (χ4n) is 2.18. The Kier molecular flexibility index (Phi) is 3.97. The van der Waals surface area contributed by atoms with Gasteiger partial charge in [0, 0.05) is 18.0 Å². The van der Waals surface area contributed by atoms with Gasteiger partial charge >= 0.3 is 0 Å². The molecule has 2 heterocycles. The number of thiophene rings is 1. The number of morpholine rings is 1. The lowest BCUT2D eigenvalue weighted by molar-refractivity contribution is -0.0392. The molecule has 0 saturated carbocycles. The quantitative estimate of drug-likeness (QED) is 0.875. The predicted octanol–water partition coefficient (Wildman–Crippen LogP) is 1.78. The molecular weight excluding hydrogens is 220 g/mol. The van der Waals surface area contributed by atoms with Crippen LogP contribution in [-0.2, 0) is 4.74 Å². The SMILES string of the molecule is CCN1CCOC(C(N)c2ccsc2C)C1. The van der Waals surface area contributed by atoms with Crippen LogP contribution in [0.5, 0.6) is 0 Å². The summed E-state index contributed by atoms with van der Waals surface area (Å²) in [5.74, 6) is 0. The first-order chi connectivity index (χ1) is 7.72. The van der Waals surface area contributed by atoms with Crippen molar-refractivity contribution in [3.63, 3.8) is 0 Å². The van der Waals surface area contributed by atoms with Crippen LogP contribution >= 0.6 is 11.3 Å². The van der Waals surface area contributed by atoms with Crippen molar-refractivity contribution >= 4 is 11.3 Å². The van der Waals surface area contributed by atoms with Crippen LogP contribution in [0.25, 0.3) is 0 Å². The lowest BCUT2D eigenvalue weighted by atomic mass is 10.0. The van der Waals surface area contributed by atoms with E-state index in [4.69, 9.17) is 10.5 Å². The Morgan fingerprint density at radius 1 is 1.69 bits per heavy atom. The number of nitrogens with zero attached hydrogens (tertiary/aromatic N) is 1. The van der Waals surface area contributed by atoms with Gasteiger partial charge < -0.3 is 10.5 Å². The lowest BCUT2D eigenvalue weighted by Gasteiger charge is -2.35. The largest absolute Gasteiger partial charge is 0.374 e. The highest BCUT2D eigenvalue weighted by Crippen LogP contribution is 2.26. The summed E-state index contributed by atoms with van der Waals surface area (Å²) in [6.45, 7) is 8.17. The Balaban J connectivity index is 2.04. The zero-order valence-electron chi connectivity index (χ0n) is 9.98. The Labute approximate surface area is 101 Å². The average molecular weight is 240 g/mol. The Hall–Kier alpha value is -0.420. The molecule has 90 valence electrons. The van der Waals surface area contributed by atoms with Gasteiger partial charge in [-0.1, -0.05) is 6.92 Å². The van der Waals surface area contributed by atoms with Gasteiger partial charge in [-0.2, -0.15) is 0 Å². The molecule has 1 aliphatic rings. The molecule has 0 bridgehead atoms. The van der Waals surface area contributed by atoms with E-state index in [1.807, 2.05) is 0 Å². The van der Waals surface area contributed by atoms with Crippen LogP contribution in [0.1, 0.15) is 23.4 Å². The standard InChI is InChI=1S/C12H20N2OS/c1-3-14-5-6-15-11(8-14)12(13)10-4-7-16-9(10)2/h4,7,11-12H,3,5-6,8,13H2,1-2H3. The third-order valence-corrected chi connectivity index (χ3v) is 4.14. The van der Waals surface area contributed by atoms with Crippen molar-refractivity contribution < 1.29 is 4.74 Å². The van der Waals surface area contributed by atoms with Crippen LogP contribution in [0.4, 0.5) is 0 Å². The molecule has 2 N–H and O–H groups in total. The lowest BCUT2D eigenvalue weighted by Crippen LogP contribution is -2.46. The minimum Gasteiger partial charge on any atom is -0.374 e. The Bertz CT molecular complexity index is 340. The molecule has 0 radical (unpaired) electrons. The molecule has 3 nitrogen and oxygen atoms in total. The van der Waals surface area contributed by atoms with Gasteiger partial charge in [0.1, 0.15) is 0 Å². The van der Waals surface area contributed by atoms with Crippen molar-refractivity contribution in [2.75, 3.05) is 26.2 Å². The number of rotatable bonds is 3. The molecule has 1 saturated heterocycles. The average Bonchev–Trinajstić information content (AvgIpc) is 2.74. The number of nitrogens with two attached hydrogens (primary N) is 1. The van der Waals surface area contributed by atoms with E-state index < -0.39 is 0 Å². The first-order valence-electron chi connectivity index (χ1n) is 5.86. The van der Waals surface area contributed by atoms with E-state index in [0.29, 0.717) is 0 Å². The molecular formula is C12H20N2OS. The summed E-state index contributed by atoms with van der Waals surface area (Å²) in [4.78, 5) is 3.71. The molecule has 0 spiro atoms. The number of likely N-dealkylation sites (N-methyl/N-ethyl adjacent to an activating group) is 1. The van der Waals surface area contributed by atoms with Gasteiger partial charge in [-0.3, -0.25) is 4.90 Å². The molecule has 1 aliphatic heterocycles. The van der Waals surface area contributed by atoms with Crippen molar-refractivity contribution in [1.29, 1.82) is 0 Å². The van der Waals surface area contributed by atoms with Crippen molar-refractivity contribution in [1.82, 2.24) is 4.90 Å². The fraction of sp³-hybridized carbons (Fsp3) is 0.667. The van der Waals surface area contributed by atoms with Gasteiger partial charge in [-0.25, -0.2) is 0 Å². The van der Waals surface area contributed by atoms with Crippen LogP contribution in [0.2, 0.25) is 0 Å². The van der Waals surface area contributed by atoms with Crippen molar-refractivity contribution in [2.45, 2.75) is 26.0 Å². The van der Waals surface area contributed by atoms with Gasteiger partial charge in [0.2, 0.25) is 0 Å². The zero-order valence-corrected chi connectivity index (χ0v) is 10.8. The highest BCUT2D eigenvalue weighted by atomic mass is 32.1. The van der Waals surface area contributed by atoms with Crippen molar-refractivity contribution in [3.05, 3.63) is 21.9 Å². The maximum Gasteiger partial charge on any atom is 0.0895 e. The molecule has 2 atom stereocenters. The summed E-state index contributed by atoms with van der Waals surface area (Å²) >= 11 is 1.75. The number of hydrogen-bond donors (Lipinski definition) is 1. The summed E-state index contributed by atoms with van der Waals surface area (Å²) in [5.41, 5.74) is 7.53. The van der Waals surface area contributed by atoms with Crippen LogP contribution in [0, 0.1) is 6.92 Å². The topological polar surface area (TPSA) is 38.5 Å². The Morgan fingerprint density at radius 2 is 2.50 bits per heavy atom. The summed E-state index contributed by atoms with van der Waals surface area (Å²) in [5, 5.41) is 2.10. The number of hydrogen-bond acceptors (Lipinski definition) is 4. The van der Waals surface area contributed by atoms with E-state index in [0.717, 1.165) is 26.2 Å². The van der Waals surface area contributed by atoms with Crippen LogP contribution < -0.4 is 5.73 Å². The summed E-state index contributed by atoms with van der Waals surface area (Å²) in [6, 6.07) is 2.14. The van der Waals surface area contributed by atoms with E-state index >= 15 is 0 Å². The minimum atomic E-state index is 0.0144. The van der Waals surface area contributed by atoms with E-state index in [2.05, 4.69) is 30.2 Å². The van der Waals surface area contributed by atoms with Crippen LogP contribution in [-0.4, -0.2) is 37.2 Å². The molecule has 4 heteroatoms. The van der Waals surface area contributed by atoms with Gasteiger partial charge in [0.15, 0.2) is 0 Å². The van der Waals surface area contributed by atoms with Crippen molar-refractivity contribution in [3.8, 4) is 0 Å². The second-order valence-corrected chi connectivity index (χ2v) is 5.38. The van der Waals surface area contributed by atoms with Crippen molar-refractivity contribution in [2.24, 2.45) is 5.73 Å². The van der Waals surface area contributed by atoms with Gasteiger partial charge in [0.05, 0.1) is 18.8 Å². The minimum absolute atomic E-state index is 0.0144.